The van der Waals surface area contributed by atoms with Crippen molar-refractivity contribution >= 4 is 17.3 Å². The van der Waals surface area contributed by atoms with Crippen LogP contribution in [-0.4, -0.2) is 17.3 Å². The zero-order valence-corrected chi connectivity index (χ0v) is 11.8. The molecule has 0 bridgehead atoms. The van der Waals surface area contributed by atoms with Crippen LogP contribution in [0.15, 0.2) is 18.2 Å². The van der Waals surface area contributed by atoms with Crippen molar-refractivity contribution in [2.45, 2.75) is 51.7 Å². The molecule has 1 aromatic carbocycles. The Morgan fingerprint density at radius 3 is 2.39 bits per heavy atom. The molecule has 0 heterocycles. The number of aliphatic hydroxyl groups is 1. The van der Waals surface area contributed by atoms with Gasteiger partial charge in [0.1, 0.15) is 5.75 Å². The lowest BCUT2D eigenvalue weighted by Crippen LogP contribution is -2.26. The lowest BCUT2D eigenvalue weighted by Gasteiger charge is -2.26. The van der Waals surface area contributed by atoms with Crippen molar-refractivity contribution in [1.82, 2.24) is 0 Å². The second-order valence-corrected chi connectivity index (χ2v) is 4.67. The fourth-order valence-corrected chi connectivity index (χ4v) is 2.15. The number of ether oxygens (including phenoxy) is 1. The van der Waals surface area contributed by atoms with Crippen LogP contribution in [0, 0.1) is 0 Å². The van der Waals surface area contributed by atoms with E-state index in [2.05, 4.69) is 0 Å². The van der Waals surface area contributed by atoms with Crippen LogP contribution in [0.3, 0.4) is 0 Å². The van der Waals surface area contributed by atoms with Gasteiger partial charge in [-0.1, -0.05) is 25.4 Å². The Morgan fingerprint density at radius 2 is 1.83 bits per heavy atom. The maximum absolute atomic E-state index is 9.39. The first-order valence-electron chi connectivity index (χ1n) is 6.55. The largest absolute Gasteiger partial charge is 0.488 e. The minimum Gasteiger partial charge on any atom is -0.488 e. The number of nitrogen functional groups attached to an aromatic ring is 1. The number of halogens is 1. The summed E-state index contributed by atoms with van der Waals surface area (Å²) in [5, 5.41) is 10.0. The van der Waals surface area contributed by atoms with Crippen LogP contribution in [0.2, 0.25) is 5.02 Å². The quantitative estimate of drug-likeness (QED) is 0.808. The van der Waals surface area contributed by atoms with Crippen molar-refractivity contribution in [1.29, 1.82) is 0 Å². The van der Waals surface area contributed by atoms with E-state index in [0.717, 1.165) is 25.7 Å². The van der Waals surface area contributed by atoms with E-state index in [1.165, 1.54) is 0 Å². The van der Waals surface area contributed by atoms with E-state index in [9.17, 15) is 5.11 Å². The molecule has 0 aliphatic heterocycles. The number of hydrogen-bond acceptors (Lipinski definition) is 3. The molecule has 0 spiro atoms. The maximum atomic E-state index is 9.39. The van der Waals surface area contributed by atoms with E-state index in [1.807, 2.05) is 13.8 Å². The highest BCUT2D eigenvalue weighted by molar-refractivity contribution is 6.30. The van der Waals surface area contributed by atoms with Gasteiger partial charge in [0.05, 0.1) is 17.9 Å². The summed E-state index contributed by atoms with van der Waals surface area (Å²) in [6, 6.07) is 5.25. The molecule has 0 radical (unpaired) electrons. The predicted octanol–water partition coefficient (Wildman–Crippen LogP) is 3.63. The van der Waals surface area contributed by atoms with Crippen molar-refractivity contribution in [3.8, 4) is 5.75 Å². The van der Waals surface area contributed by atoms with Gasteiger partial charge in [0.25, 0.3) is 0 Å². The van der Waals surface area contributed by atoms with Gasteiger partial charge in [-0.3, -0.25) is 0 Å². The van der Waals surface area contributed by atoms with E-state index in [1.54, 1.807) is 18.2 Å². The van der Waals surface area contributed by atoms with Crippen LogP contribution in [0.1, 0.15) is 39.5 Å². The van der Waals surface area contributed by atoms with Crippen LogP contribution in [0.25, 0.3) is 0 Å². The van der Waals surface area contributed by atoms with E-state index in [-0.39, 0.29) is 12.2 Å². The van der Waals surface area contributed by atoms with Crippen LogP contribution in [0.4, 0.5) is 5.69 Å². The molecule has 0 aromatic heterocycles. The van der Waals surface area contributed by atoms with Crippen molar-refractivity contribution in [2.24, 2.45) is 0 Å². The molecule has 18 heavy (non-hydrogen) atoms. The Morgan fingerprint density at radius 1 is 1.22 bits per heavy atom. The Hall–Kier alpha value is -0.930. The summed E-state index contributed by atoms with van der Waals surface area (Å²) in [6.07, 6.45) is 3.36. The van der Waals surface area contributed by atoms with E-state index >= 15 is 0 Å². The minimum absolute atomic E-state index is 0.159. The summed E-state index contributed by atoms with van der Waals surface area (Å²) >= 11 is 5.81. The minimum atomic E-state index is -0.164. The van der Waals surface area contributed by atoms with Gasteiger partial charge < -0.3 is 15.6 Å². The van der Waals surface area contributed by atoms with Gasteiger partial charge in [-0.15, -0.1) is 0 Å². The summed E-state index contributed by atoms with van der Waals surface area (Å²) in [5.74, 6) is 0.686. The molecule has 1 aromatic rings. The molecule has 0 amide bonds. The molecule has 102 valence electrons. The van der Waals surface area contributed by atoms with Gasteiger partial charge in [-0.2, -0.15) is 0 Å². The number of hydrogen-bond donors (Lipinski definition) is 2. The molecule has 1 aliphatic carbocycles. The first-order valence-corrected chi connectivity index (χ1v) is 6.92. The highest BCUT2D eigenvalue weighted by Crippen LogP contribution is 2.29. The third-order valence-electron chi connectivity index (χ3n) is 2.91. The maximum Gasteiger partial charge on any atom is 0.142 e. The third kappa shape index (κ3) is 4.39. The highest BCUT2D eigenvalue weighted by atomic mass is 35.5. The summed E-state index contributed by atoms with van der Waals surface area (Å²) < 4.78 is 5.79. The molecule has 4 heteroatoms. The van der Waals surface area contributed by atoms with Crippen molar-refractivity contribution in [3.05, 3.63) is 23.2 Å². The molecular weight excluding hydrogens is 250 g/mol. The Kier molecular flexibility index (Phi) is 6.30. The lowest BCUT2D eigenvalue weighted by atomic mass is 9.95. The van der Waals surface area contributed by atoms with Crippen LogP contribution in [-0.2, 0) is 0 Å². The summed E-state index contributed by atoms with van der Waals surface area (Å²) in [5.41, 5.74) is 6.38. The van der Waals surface area contributed by atoms with E-state index in [0.29, 0.717) is 16.5 Å². The zero-order valence-electron chi connectivity index (χ0n) is 11.0. The molecule has 1 fully saturated rings. The van der Waals surface area contributed by atoms with Gasteiger partial charge in [-0.05, 0) is 43.9 Å². The Labute approximate surface area is 114 Å². The fourth-order valence-electron chi connectivity index (χ4n) is 1.97. The molecule has 1 aliphatic rings. The topological polar surface area (TPSA) is 55.5 Å². The molecule has 0 unspecified atom stereocenters. The second kappa shape index (κ2) is 7.49. The van der Waals surface area contributed by atoms with Gasteiger partial charge in [0.15, 0.2) is 0 Å². The van der Waals surface area contributed by atoms with Gasteiger partial charge in [0.2, 0.25) is 0 Å². The second-order valence-electron chi connectivity index (χ2n) is 4.23. The molecule has 2 rings (SSSR count). The van der Waals surface area contributed by atoms with Gasteiger partial charge in [0, 0.05) is 5.02 Å². The summed E-state index contributed by atoms with van der Waals surface area (Å²) in [6.45, 7) is 4.00. The number of benzene rings is 1. The van der Waals surface area contributed by atoms with E-state index < -0.39 is 0 Å². The van der Waals surface area contributed by atoms with Crippen molar-refractivity contribution in [3.63, 3.8) is 0 Å². The molecule has 1 saturated carbocycles. The summed E-state index contributed by atoms with van der Waals surface area (Å²) in [4.78, 5) is 0. The molecule has 0 atom stereocenters. The normalized spacial score (nSPS) is 22.9. The Balaban J connectivity index is 0.000000771. The number of rotatable bonds is 2. The van der Waals surface area contributed by atoms with Crippen LogP contribution < -0.4 is 10.5 Å². The zero-order chi connectivity index (χ0) is 13.5. The van der Waals surface area contributed by atoms with Crippen molar-refractivity contribution in [2.75, 3.05) is 5.73 Å². The Bertz CT molecular complexity index is 363. The molecule has 3 nitrogen and oxygen atoms in total. The average Bonchev–Trinajstić information content (AvgIpc) is 2.38. The predicted molar refractivity (Wildman–Crippen MR) is 76.1 cm³/mol. The van der Waals surface area contributed by atoms with Gasteiger partial charge >= 0.3 is 0 Å². The van der Waals surface area contributed by atoms with Crippen LogP contribution >= 0.6 is 11.6 Å². The monoisotopic (exact) mass is 271 g/mol. The third-order valence-corrected chi connectivity index (χ3v) is 3.14. The number of anilines is 1. The smallest absolute Gasteiger partial charge is 0.142 e. The number of nitrogens with two attached hydrogens (primary N) is 1. The molecular formula is C14H22ClNO2. The highest BCUT2D eigenvalue weighted by Gasteiger charge is 2.21. The molecule has 3 N–H and O–H groups in total. The first kappa shape index (κ1) is 15.1. The summed E-state index contributed by atoms with van der Waals surface area (Å²) in [7, 11) is 0. The van der Waals surface area contributed by atoms with Crippen molar-refractivity contribution < 1.29 is 9.84 Å². The average molecular weight is 272 g/mol. The van der Waals surface area contributed by atoms with E-state index in [4.69, 9.17) is 22.1 Å². The van der Waals surface area contributed by atoms with Crippen LogP contribution in [0.5, 0.6) is 5.75 Å². The van der Waals surface area contributed by atoms with Gasteiger partial charge in [-0.25, -0.2) is 0 Å². The number of aliphatic hydroxyl groups excluding tert-OH is 1. The fraction of sp³-hybridized carbons (Fsp3) is 0.571. The SMILES string of the molecule is CC.Nc1cc(Cl)ccc1OC1CCC(O)CC1. The molecule has 0 saturated heterocycles. The lowest BCUT2D eigenvalue weighted by molar-refractivity contribution is 0.0669. The standard InChI is InChI=1S/C12H16ClNO2.C2H6/c13-8-1-6-12(11(14)7-8)16-10-4-2-9(15)3-5-10;1-2/h1,6-7,9-10,15H,2-5,14H2;1-2H3. The first-order chi connectivity index (χ1) is 8.65.